The normalized spacial score (nSPS) is 12.5. The van der Waals surface area contributed by atoms with E-state index in [0.29, 0.717) is 19.0 Å². The fourth-order valence-electron chi connectivity index (χ4n) is 3.02. The van der Waals surface area contributed by atoms with E-state index in [1.165, 1.54) is 5.56 Å². The van der Waals surface area contributed by atoms with Gasteiger partial charge >= 0.3 is 0 Å². The van der Waals surface area contributed by atoms with Gasteiger partial charge in [-0.15, -0.1) is 0 Å². The SMILES string of the molecule is Cc1nc(Nc2ccc3c(c2)OCCO3)cc(N(C)Cc2ccccc2)n1. The number of aromatic nitrogens is 2. The molecule has 0 radical (unpaired) electrons. The zero-order valence-corrected chi connectivity index (χ0v) is 15.5. The topological polar surface area (TPSA) is 59.5 Å². The highest BCUT2D eigenvalue weighted by Crippen LogP contribution is 2.33. The second-order valence-electron chi connectivity index (χ2n) is 6.48. The minimum Gasteiger partial charge on any atom is -0.486 e. The van der Waals surface area contributed by atoms with Crippen molar-refractivity contribution in [3.8, 4) is 11.5 Å². The Morgan fingerprint density at radius 2 is 1.74 bits per heavy atom. The van der Waals surface area contributed by atoms with E-state index in [0.717, 1.165) is 35.4 Å². The monoisotopic (exact) mass is 362 g/mol. The maximum atomic E-state index is 5.65. The molecule has 1 aromatic heterocycles. The third-order valence-corrected chi connectivity index (χ3v) is 4.29. The highest BCUT2D eigenvalue weighted by atomic mass is 16.6. The first kappa shape index (κ1) is 17.1. The van der Waals surface area contributed by atoms with Gasteiger partial charge in [0.1, 0.15) is 30.7 Å². The molecule has 0 bridgehead atoms. The number of fused-ring (bicyclic) bond motifs is 1. The minimum atomic E-state index is 0.567. The summed E-state index contributed by atoms with van der Waals surface area (Å²) in [5.74, 6) is 3.85. The Bertz CT molecular complexity index is 931. The van der Waals surface area contributed by atoms with Gasteiger partial charge < -0.3 is 19.7 Å². The van der Waals surface area contributed by atoms with Crippen LogP contribution in [0, 0.1) is 6.92 Å². The van der Waals surface area contributed by atoms with E-state index in [9.17, 15) is 0 Å². The van der Waals surface area contributed by atoms with Gasteiger partial charge in [-0.1, -0.05) is 30.3 Å². The molecule has 2 aromatic carbocycles. The van der Waals surface area contributed by atoms with E-state index in [-0.39, 0.29) is 0 Å². The van der Waals surface area contributed by atoms with Crippen LogP contribution in [-0.4, -0.2) is 30.2 Å². The summed E-state index contributed by atoms with van der Waals surface area (Å²) in [4.78, 5) is 11.2. The van der Waals surface area contributed by atoms with Crippen LogP contribution in [0.5, 0.6) is 11.5 Å². The number of anilines is 3. The Hall–Kier alpha value is -3.28. The predicted molar refractivity (Wildman–Crippen MR) is 106 cm³/mol. The van der Waals surface area contributed by atoms with E-state index >= 15 is 0 Å². The van der Waals surface area contributed by atoms with Crippen LogP contribution in [0.4, 0.5) is 17.3 Å². The molecule has 3 aromatic rings. The van der Waals surface area contributed by atoms with E-state index in [4.69, 9.17) is 9.47 Å². The standard InChI is InChI=1S/C21H22N4O2/c1-15-22-20(24-17-8-9-18-19(12-17)27-11-10-26-18)13-21(23-15)25(2)14-16-6-4-3-5-7-16/h3-9,12-13H,10-11,14H2,1-2H3,(H,22,23,24). The first-order chi connectivity index (χ1) is 13.2. The number of ether oxygens (including phenoxy) is 2. The first-order valence-corrected chi connectivity index (χ1v) is 8.95. The van der Waals surface area contributed by atoms with Gasteiger partial charge in [-0.3, -0.25) is 0 Å². The Labute approximate surface area is 158 Å². The van der Waals surface area contributed by atoms with Crippen molar-refractivity contribution in [3.05, 3.63) is 66.0 Å². The predicted octanol–water partition coefficient (Wildman–Crippen LogP) is 3.94. The fraction of sp³-hybridized carbons (Fsp3) is 0.238. The van der Waals surface area contributed by atoms with Crippen molar-refractivity contribution >= 4 is 17.3 Å². The number of rotatable bonds is 5. The van der Waals surface area contributed by atoms with Crippen LogP contribution in [-0.2, 0) is 6.54 Å². The molecule has 0 aliphatic carbocycles. The number of nitrogens with one attached hydrogen (secondary N) is 1. The third-order valence-electron chi connectivity index (χ3n) is 4.29. The van der Waals surface area contributed by atoms with Crippen molar-refractivity contribution in [3.63, 3.8) is 0 Å². The van der Waals surface area contributed by atoms with Crippen molar-refractivity contribution in [1.82, 2.24) is 9.97 Å². The molecular formula is C21H22N4O2. The van der Waals surface area contributed by atoms with Crippen LogP contribution < -0.4 is 19.7 Å². The van der Waals surface area contributed by atoms with Gasteiger partial charge in [0.15, 0.2) is 11.5 Å². The van der Waals surface area contributed by atoms with E-state index in [1.54, 1.807) is 0 Å². The molecule has 27 heavy (non-hydrogen) atoms. The molecule has 0 atom stereocenters. The van der Waals surface area contributed by atoms with Crippen molar-refractivity contribution in [2.24, 2.45) is 0 Å². The van der Waals surface area contributed by atoms with Gasteiger partial charge in [-0.2, -0.15) is 0 Å². The number of hydrogen-bond acceptors (Lipinski definition) is 6. The first-order valence-electron chi connectivity index (χ1n) is 8.95. The second-order valence-corrected chi connectivity index (χ2v) is 6.48. The highest BCUT2D eigenvalue weighted by Gasteiger charge is 2.13. The summed E-state index contributed by atoms with van der Waals surface area (Å²) in [7, 11) is 2.03. The van der Waals surface area contributed by atoms with Gasteiger partial charge in [0.05, 0.1) is 0 Å². The molecule has 0 amide bonds. The summed E-state index contributed by atoms with van der Waals surface area (Å²) in [6.07, 6.45) is 0. The second kappa shape index (κ2) is 7.53. The molecule has 0 fully saturated rings. The number of hydrogen-bond donors (Lipinski definition) is 1. The maximum absolute atomic E-state index is 5.65. The molecule has 4 rings (SSSR count). The molecule has 1 aliphatic heterocycles. The Morgan fingerprint density at radius 1 is 0.963 bits per heavy atom. The molecule has 1 aliphatic rings. The fourth-order valence-corrected chi connectivity index (χ4v) is 3.02. The Morgan fingerprint density at radius 3 is 2.56 bits per heavy atom. The Balaban J connectivity index is 1.53. The van der Waals surface area contributed by atoms with Gasteiger partial charge in [-0.25, -0.2) is 9.97 Å². The summed E-state index contributed by atoms with van der Waals surface area (Å²) in [6, 6.07) is 18.1. The van der Waals surface area contributed by atoms with Crippen molar-refractivity contribution in [1.29, 1.82) is 0 Å². The number of aryl methyl sites for hydroxylation is 1. The number of benzene rings is 2. The van der Waals surface area contributed by atoms with Crippen LogP contribution >= 0.6 is 0 Å². The van der Waals surface area contributed by atoms with E-state index in [1.807, 2.05) is 56.4 Å². The molecule has 0 spiro atoms. The average molecular weight is 362 g/mol. The highest BCUT2D eigenvalue weighted by molar-refractivity contribution is 5.63. The molecule has 2 heterocycles. The summed E-state index contributed by atoms with van der Waals surface area (Å²) in [5, 5.41) is 3.34. The van der Waals surface area contributed by atoms with Crippen LogP contribution in [0.15, 0.2) is 54.6 Å². The van der Waals surface area contributed by atoms with Gasteiger partial charge in [0.2, 0.25) is 0 Å². The van der Waals surface area contributed by atoms with Crippen molar-refractivity contribution in [2.75, 3.05) is 30.5 Å². The van der Waals surface area contributed by atoms with E-state index < -0.39 is 0 Å². The van der Waals surface area contributed by atoms with Gasteiger partial charge in [-0.05, 0) is 24.6 Å². The number of nitrogens with zero attached hydrogens (tertiary/aromatic N) is 3. The van der Waals surface area contributed by atoms with Crippen LogP contribution in [0.25, 0.3) is 0 Å². The molecule has 6 nitrogen and oxygen atoms in total. The third kappa shape index (κ3) is 4.11. The largest absolute Gasteiger partial charge is 0.486 e. The molecule has 0 saturated carbocycles. The van der Waals surface area contributed by atoms with Crippen LogP contribution in [0.2, 0.25) is 0 Å². The summed E-state index contributed by atoms with van der Waals surface area (Å²) >= 11 is 0. The molecule has 0 unspecified atom stereocenters. The maximum Gasteiger partial charge on any atom is 0.163 e. The van der Waals surface area contributed by atoms with Crippen molar-refractivity contribution < 1.29 is 9.47 Å². The quantitative estimate of drug-likeness (QED) is 0.742. The lowest BCUT2D eigenvalue weighted by molar-refractivity contribution is 0.171. The van der Waals surface area contributed by atoms with Crippen LogP contribution in [0.1, 0.15) is 11.4 Å². The van der Waals surface area contributed by atoms with Gasteiger partial charge in [0, 0.05) is 31.4 Å². The zero-order valence-electron chi connectivity index (χ0n) is 15.5. The summed E-state index contributed by atoms with van der Waals surface area (Å²) < 4.78 is 11.2. The van der Waals surface area contributed by atoms with Crippen LogP contribution in [0.3, 0.4) is 0 Å². The Kier molecular flexibility index (Phi) is 4.78. The zero-order chi connectivity index (χ0) is 18.6. The molecule has 6 heteroatoms. The average Bonchev–Trinajstić information content (AvgIpc) is 2.68. The lowest BCUT2D eigenvalue weighted by atomic mass is 10.2. The molecule has 0 saturated heterocycles. The molecule has 138 valence electrons. The minimum absolute atomic E-state index is 0.567. The summed E-state index contributed by atoms with van der Waals surface area (Å²) in [6.45, 7) is 3.83. The van der Waals surface area contributed by atoms with Crippen molar-refractivity contribution in [2.45, 2.75) is 13.5 Å². The lowest BCUT2D eigenvalue weighted by Gasteiger charge is -2.20. The lowest BCUT2D eigenvalue weighted by Crippen LogP contribution is -2.18. The smallest absolute Gasteiger partial charge is 0.163 e. The molecular weight excluding hydrogens is 340 g/mol. The van der Waals surface area contributed by atoms with Gasteiger partial charge in [0.25, 0.3) is 0 Å². The van der Waals surface area contributed by atoms with E-state index in [2.05, 4.69) is 32.3 Å². The summed E-state index contributed by atoms with van der Waals surface area (Å²) in [5.41, 5.74) is 2.13. The molecule has 1 N–H and O–H groups in total.